The summed E-state index contributed by atoms with van der Waals surface area (Å²) in [6, 6.07) is -0.203. The summed E-state index contributed by atoms with van der Waals surface area (Å²) < 4.78 is 0. The van der Waals surface area contributed by atoms with Gasteiger partial charge in [-0.05, 0) is 12.8 Å². The van der Waals surface area contributed by atoms with E-state index in [1.165, 1.54) is 4.90 Å². The normalized spacial score (nSPS) is 9.67. The molecule has 0 bridgehead atoms. The van der Waals surface area contributed by atoms with Gasteiger partial charge in [0, 0.05) is 40.0 Å². The lowest BCUT2D eigenvalue weighted by atomic mass is 10.2. The second kappa shape index (κ2) is 9.26. The third kappa shape index (κ3) is 9.44. The number of rotatable bonds is 8. The molecule has 104 valence electrons. The van der Waals surface area contributed by atoms with Crippen LogP contribution in [0.1, 0.15) is 25.7 Å². The lowest BCUT2D eigenvalue weighted by Gasteiger charge is -2.12. The van der Waals surface area contributed by atoms with Crippen LogP contribution in [0, 0.1) is 0 Å². The Balaban J connectivity index is 3.43. The molecule has 0 aliphatic rings. The Bertz CT molecular complexity index is 292. The zero-order valence-corrected chi connectivity index (χ0v) is 10.9. The molecule has 0 aliphatic heterocycles. The number of carboxylic acid groups (broad SMARTS) is 1. The fourth-order valence-electron chi connectivity index (χ4n) is 1.18. The smallest absolute Gasteiger partial charge is 0.316 e. The van der Waals surface area contributed by atoms with Crippen molar-refractivity contribution in [3.05, 3.63) is 0 Å². The lowest BCUT2D eigenvalue weighted by Crippen LogP contribution is -2.39. The monoisotopic (exact) mass is 259 g/mol. The van der Waals surface area contributed by atoms with Crippen molar-refractivity contribution in [2.45, 2.75) is 25.7 Å². The van der Waals surface area contributed by atoms with E-state index in [-0.39, 0.29) is 18.4 Å². The van der Waals surface area contributed by atoms with E-state index >= 15 is 0 Å². The minimum atomic E-state index is -0.846. The molecule has 0 unspecified atom stereocenters. The summed E-state index contributed by atoms with van der Waals surface area (Å²) in [6.07, 6.45) is 1.46. The number of nitrogens with one attached hydrogen (secondary N) is 2. The van der Waals surface area contributed by atoms with Gasteiger partial charge in [-0.2, -0.15) is 0 Å². The average molecular weight is 259 g/mol. The molecule has 0 saturated heterocycles. The second-order valence-corrected chi connectivity index (χ2v) is 4.08. The number of aliphatic carboxylic acids is 1. The van der Waals surface area contributed by atoms with Gasteiger partial charge in [0.25, 0.3) is 0 Å². The Kier molecular flexibility index (Phi) is 8.34. The number of urea groups is 1. The van der Waals surface area contributed by atoms with Crippen molar-refractivity contribution < 1.29 is 19.5 Å². The lowest BCUT2D eigenvalue weighted by molar-refractivity contribution is -0.137. The molecule has 0 heterocycles. The summed E-state index contributed by atoms with van der Waals surface area (Å²) in [4.78, 5) is 34.0. The van der Waals surface area contributed by atoms with Crippen molar-refractivity contribution in [1.29, 1.82) is 0 Å². The van der Waals surface area contributed by atoms with Crippen LogP contribution in [0.3, 0.4) is 0 Å². The Labute approximate surface area is 107 Å². The van der Waals surface area contributed by atoms with E-state index in [1.54, 1.807) is 14.1 Å². The van der Waals surface area contributed by atoms with Gasteiger partial charge in [-0.3, -0.25) is 9.59 Å². The first kappa shape index (κ1) is 16.2. The van der Waals surface area contributed by atoms with Crippen molar-refractivity contribution in [3.63, 3.8) is 0 Å². The summed E-state index contributed by atoms with van der Waals surface area (Å²) in [5, 5.41) is 13.7. The maximum atomic E-state index is 11.3. The standard InChI is InChI=1S/C11H21N3O4/c1-14(2)11(18)13-8-7-12-9(15)5-3-4-6-10(16)17/h3-8H2,1-2H3,(H,12,15)(H,13,18)(H,16,17). The van der Waals surface area contributed by atoms with Crippen molar-refractivity contribution in [2.75, 3.05) is 27.2 Å². The molecule has 7 heteroatoms. The van der Waals surface area contributed by atoms with E-state index in [9.17, 15) is 14.4 Å². The maximum Gasteiger partial charge on any atom is 0.316 e. The van der Waals surface area contributed by atoms with Gasteiger partial charge in [-0.25, -0.2) is 4.79 Å². The van der Waals surface area contributed by atoms with Crippen molar-refractivity contribution in [2.24, 2.45) is 0 Å². The minimum Gasteiger partial charge on any atom is -0.481 e. The number of carboxylic acids is 1. The van der Waals surface area contributed by atoms with Crippen LogP contribution >= 0.6 is 0 Å². The van der Waals surface area contributed by atoms with Crippen LogP contribution in [0.15, 0.2) is 0 Å². The summed E-state index contributed by atoms with van der Waals surface area (Å²) in [5.74, 6) is -0.971. The number of carbonyl (C=O) groups is 3. The van der Waals surface area contributed by atoms with Crippen LogP contribution in [-0.2, 0) is 9.59 Å². The molecule has 0 aromatic carbocycles. The van der Waals surface area contributed by atoms with E-state index in [4.69, 9.17) is 5.11 Å². The molecule has 0 spiro atoms. The van der Waals surface area contributed by atoms with Crippen LogP contribution in [-0.4, -0.2) is 55.1 Å². The van der Waals surface area contributed by atoms with E-state index in [2.05, 4.69) is 10.6 Å². The van der Waals surface area contributed by atoms with E-state index in [0.717, 1.165) is 0 Å². The predicted molar refractivity (Wildman–Crippen MR) is 66.2 cm³/mol. The van der Waals surface area contributed by atoms with Crippen LogP contribution in [0.5, 0.6) is 0 Å². The topological polar surface area (TPSA) is 98.7 Å². The first-order valence-electron chi connectivity index (χ1n) is 5.87. The summed E-state index contributed by atoms with van der Waals surface area (Å²) in [6.45, 7) is 0.745. The van der Waals surface area contributed by atoms with Gasteiger partial charge >= 0.3 is 12.0 Å². The van der Waals surface area contributed by atoms with Gasteiger partial charge in [0.15, 0.2) is 0 Å². The summed E-state index contributed by atoms with van der Waals surface area (Å²) in [5.41, 5.74) is 0. The predicted octanol–water partition coefficient (Wildman–Crippen LogP) is 0.0188. The van der Waals surface area contributed by atoms with Gasteiger partial charge in [0.1, 0.15) is 0 Å². The maximum absolute atomic E-state index is 11.3. The first-order valence-corrected chi connectivity index (χ1v) is 5.87. The highest BCUT2D eigenvalue weighted by molar-refractivity contribution is 5.76. The van der Waals surface area contributed by atoms with Gasteiger partial charge in [-0.15, -0.1) is 0 Å². The number of carbonyl (C=O) groups excluding carboxylic acids is 2. The van der Waals surface area contributed by atoms with Crippen molar-refractivity contribution in [1.82, 2.24) is 15.5 Å². The second-order valence-electron chi connectivity index (χ2n) is 4.08. The molecule has 0 saturated carbocycles. The number of unbranched alkanes of at least 4 members (excludes halogenated alkanes) is 1. The van der Waals surface area contributed by atoms with Gasteiger partial charge in [-0.1, -0.05) is 0 Å². The first-order chi connectivity index (χ1) is 8.43. The van der Waals surface area contributed by atoms with Crippen LogP contribution in [0.2, 0.25) is 0 Å². The molecule has 0 fully saturated rings. The number of hydrogen-bond acceptors (Lipinski definition) is 3. The highest BCUT2D eigenvalue weighted by Gasteiger charge is 2.04. The Morgan fingerprint density at radius 2 is 1.56 bits per heavy atom. The van der Waals surface area contributed by atoms with Crippen LogP contribution < -0.4 is 10.6 Å². The van der Waals surface area contributed by atoms with Gasteiger partial charge in [0.05, 0.1) is 0 Å². The minimum absolute atomic E-state index is 0.0895. The SMILES string of the molecule is CN(C)C(=O)NCCNC(=O)CCCCC(=O)O. The molecule has 0 aliphatic carbocycles. The average Bonchev–Trinajstić information content (AvgIpc) is 2.29. The van der Waals surface area contributed by atoms with Crippen molar-refractivity contribution >= 4 is 17.9 Å². The van der Waals surface area contributed by atoms with E-state index in [0.29, 0.717) is 32.4 Å². The van der Waals surface area contributed by atoms with Crippen LogP contribution in [0.4, 0.5) is 4.79 Å². The molecule has 0 aromatic rings. The molecule has 0 atom stereocenters. The quantitative estimate of drug-likeness (QED) is 0.535. The van der Waals surface area contributed by atoms with Crippen molar-refractivity contribution in [3.8, 4) is 0 Å². The Morgan fingerprint density at radius 3 is 2.11 bits per heavy atom. The third-order valence-corrected chi connectivity index (χ3v) is 2.17. The summed E-state index contributed by atoms with van der Waals surface area (Å²) in [7, 11) is 3.27. The Hall–Kier alpha value is -1.79. The molecule has 0 aromatic heterocycles. The highest BCUT2D eigenvalue weighted by atomic mass is 16.4. The van der Waals surface area contributed by atoms with Gasteiger partial charge in [0.2, 0.25) is 5.91 Å². The fraction of sp³-hybridized carbons (Fsp3) is 0.727. The van der Waals surface area contributed by atoms with E-state index < -0.39 is 5.97 Å². The fourth-order valence-corrected chi connectivity index (χ4v) is 1.18. The molecule has 0 radical (unpaired) electrons. The van der Waals surface area contributed by atoms with E-state index in [1.807, 2.05) is 0 Å². The third-order valence-electron chi connectivity index (χ3n) is 2.17. The molecule has 18 heavy (non-hydrogen) atoms. The van der Waals surface area contributed by atoms with Gasteiger partial charge < -0.3 is 20.6 Å². The highest BCUT2D eigenvalue weighted by Crippen LogP contribution is 1.99. The molecule has 3 amide bonds. The zero-order valence-electron chi connectivity index (χ0n) is 10.9. The largest absolute Gasteiger partial charge is 0.481 e. The number of nitrogens with zero attached hydrogens (tertiary/aromatic N) is 1. The number of amides is 3. The Morgan fingerprint density at radius 1 is 1.00 bits per heavy atom. The molecule has 0 rings (SSSR count). The molecule has 7 nitrogen and oxygen atoms in total. The number of hydrogen-bond donors (Lipinski definition) is 3. The summed E-state index contributed by atoms with van der Waals surface area (Å²) >= 11 is 0. The van der Waals surface area contributed by atoms with Crippen LogP contribution in [0.25, 0.3) is 0 Å². The molecule has 3 N–H and O–H groups in total. The molecular weight excluding hydrogens is 238 g/mol. The molecular formula is C11H21N3O4. The zero-order chi connectivity index (χ0) is 14.0.